The van der Waals surface area contributed by atoms with E-state index in [0.717, 1.165) is 5.56 Å². The molecule has 206 valence electrons. The molecule has 0 aliphatic carbocycles. The van der Waals surface area contributed by atoms with Crippen LogP contribution in [0.3, 0.4) is 0 Å². The molecule has 0 saturated carbocycles. The summed E-state index contributed by atoms with van der Waals surface area (Å²) in [6, 6.07) is 11.7. The maximum atomic E-state index is 13.1. The third kappa shape index (κ3) is 4.77. The third-order valence-corrected chi connectivity index (χ3v) is 8.63. The van der Waals surface area contributed by atoms with Crippen molar-refractivity contribution in [3.05, 3.63) is 88.3 Å². The molecule has 0 spiro atoms. The van der Waals surface area contributed by atoms with Crippen LogP contribution in [0.15, 0.2) is 70.4 Å². The monoisotopic (exact) mass is 561 g/mol. The van der Waals surface area contributed by atoms with E-state index in [1.165, 1.54) is 22.7 Å². The number of nitrogens with one attached hydrogen (secondary N) is 2. The van der Waals surface area contributed by atoms with Crippen molar-refractivity contribution in [3.8, 4) is 0 Å². The van der Waals surface area contributed by atoms with Crippen molar-refractivity contribution in [2.45, 2.75) is 48.9 Å². The number of hydrogen-bond acceptors (Lipinski definition) is 7. The van der Waals surface area contributed by atoms with Gasteiger partial charge in [-0.05, 0) is 43.5 Å². The summed E-state index contributed by atoms with van der Waals surface area (Å²) in [4.78, 5) is 64.4. The first-order valence-electron chi connectivity index (χ1n) is 12.6. The number of amides is 3. The fourth-order valence-corrected chi connectivity index (χ4v) is 6.83. The van der Waals surface area contributed by atoms with Crippen LogP contribution in [0, 0.1) is 0 Å². The van der Waals surface area contributed by atoms with Crippen molar-refractivity contribution in [1.29, 1.82) is 0 Å². The van der Waals surface area contributed by atoms with Gasteiger partial charge in [-0.3, -0.25) is 14.4 Å². The maximum Gasteiger partial charge on any atom is 0.349 e. The highest BCUT2D eigenvalue weighted by Crippen LogP contribution is 2.50. The molecule has 40 heavy (non-hydrogen) atoms. The highest BCUT2D eigenvalue weighted by molar-refractivity contribution is 8.01. The van der Waals surface area contributed by atoms with Gasteiger partial charge in [0.05, 0.1) is 6.42 Å². The predicted octanol–water partition coefficient (Wildman–Crippen LogP) is 2.95. The minimum Gasteiger partial charge on any atom is -0.480 e. The number of carboxylic acids is 1. The molecule has 3 amide bonds. The highest BCUT2D eigenvalue weighted by Gasteiger charge is 2.64. The number of allylic oxidation sites excluding steroid dienone is 1. The number of rotatable bonds is 8. The van der Waals surface area contributed by atoms with Crippen LogP contribution in [-0.2, 0) is 27.2 Å². The van der Waals surface area contributed by atoms with Crippen molar-refractivity contribution in [2.75, 3.05) is 5.32 Å². The van der Waals surface area contributed by atoms with Crippen LogP contribution >= 0.6 is 11.8 Å². The van der Waals surface area contributed by atoms with Gasteiger partial charge in [0.2, 0.25) is 11.8 Å². The van der Waals surface area contributed by atoms with Crippen molar-refractivity contribution in [1.82, 2.24) is 10.2 Å². The van der Waals surface area contributed by atoms with E-state index in [1.807, 2.05) is 6.07 Å². The van der Waals surface area contributed by atoms with Gasteiger partial charge in [0.25, 0.3) is 5.91 Å². The molecule has 0 bridgehead atoms. The Morgan fingerprint density at radius 3 is 2.58 bits per heavy atom. The standard InChI is InChI=1S/C29H27N3O7S/c1-4-8-15-10-7-11-17-13-18(28(38)39-22(15)17)24(34)30-19-12-6-5-9-16(19)14-20(33)31-21-25(35)32-23(27(36)37)29(2,3)40-26(21)32/h4-7,9-13,21,23,26H,1,8,14H2,2-3H3,(H,30,34)(H,31,33)(H,36,37)/t21?,23-,26+/m0/s1. The molecule has 3 N–H and O–H groups in total. The van der Waals surface area contributed by atoms with Gasteiger partial charge < -0.3 is 25.1 Å². The molecule has 2 aliphatic heterocycles. The zero-order chi connectivity index (χ0) is 28.8. The lowest BCUT2D eigenvalue weighted by molar-refractivity contribution is -0.161. The van der Waals surface area contributed by atoms with Crippen LogP contribution in [0.5, 0.6) is 0 Å². The molecule has 2 aliphatic rings. The SMILES string of the molecule is C=CCc1cccc2cc(C(=O)Nc3ccccc3CC(=O)NC3C(=O)N4[C@@H]3SC(C)(C)[C@@H]4C(=O)O)c(=O)oc12. The topological polar surface area (TPSA) is 146 Å². The lowest BCUT2D eigenvalue weighted by atomic mass is 9.96. The summed E-state index contributed by atoms with van der Waals surface area (Å²) in [5, 5.41) is 15.1. The molecule has 2 saturated heterocycles. The molecule has 3 atom stereocenters. The summed E-state index contributed by atoms with van der Waals surface area (Å²) in [6.45, 7) is 7.23. The van der Waals surface area contributed by atoms with Gasteiger partial charge in [-0.15, -0.1) is 18.3 Å². The lowest BCUT2D eigenvalue weighted by Crippen LogP contribution is -2.70. The largest absolute Gasteiger partial charge is 0.480 e. The molecule has 2 aromatic carbocycles. The zero-order valence-corrected chi connectivity index (χ0v) is 22.6. The van der Waals surface area contributed by atoms with Gasteiger partial charge in [0.15, 0.2) is 0 Å². The van der Waals surface area contributed by atoms with Crippen LogP contribution in [0.1, 0.15) is 35.3 Å². The molecule has 1 aromatic heterocycles. The average molecular weight is 562 g/mol. The Morgan fingerprint density at radius 2 is 1.85 bits per heavy atom. The Labute approximate surface area is 233 Å². The van der Waals surface area contributed by atoms with E-state index in [0.29, 0.717) is 28.6 Å². The van der Waals surface area contributed by atoms with Crippen LogP contribution in [0.2, 0.25) is 0 Å². The van der Waals surface area contributed by atoms with E-state index in [1.54, 1.807) is 56.3 Å². The third-order valence-electron chi connectivity index (χ3n) is 7.06. The Kier molecular flexibility index (Phi) is 7.01. The molecule has 3 heterocycles. The molecular formula is C29H27N3O7S. The number of nitrogens with zero attached hydrogens (tertiary/aromatic N) is 1. The van der Waals surface area contributed by atoms with E-state index in [9.17, 15) is 29.1 Å². The first-order chi connectivity index (χ1) is 19.0. The van der Waals surface area contributed by atoms with Gasteiger partial charge in [-0.2, -0.15) is 0 Å². The fourth-order valence-electron chi connectivity index (χ4n) is 5.21. The maximum absolute atomic E-state index is 13.1. The summed E-state index contributed by atoms with van der Waals surface area (Å²) in [6.07, 6.45) is 2.04. The number of aliphatic carboxylic acids is 1. The average Bonchev–Trinajstić information content (AvgIpc) is 3.16. The number of hydrogen-bond donors (Lipinski definition) is 3. The van der Waals surface area contributed by atoms with E-state index in [-0.39, 0.29) is 12.0 Å². The number of fused-ring (bicyclic) bond motifs is 2. The summed E-state index contributed by atoms with van der Waals surface area (Å²) >= 11 is 1.34. The molecule has 3 aromatic rings. The zero-order valence-electron chi connectivity index (χ0n) is 21.8. The van der Waals surface area contributed by atoms with Crippen LogP contribution < -0.4 is 16.3 Å². The number of carbonyl (C=O) groups is 4. The Hall–Kier alpha value is -4.38. The Balaban J connectivity index is 1.30. The molecule has 0 radical (unpaired) electrons. The molecule has 1 unspecified atom stereocenters. The number of benzene rings is 2. The van der Waals surface area contributed by atoms with Gasteiger partial charge in [-0.25, -0.2) is 9.59 Å². The van der Waals surface area contributed by atoms with Crippen molar-refractivity contribution in [3.63, 3.8) is 0 Å². The molecule has 2 fully saturated rings. The summed E-state index contributed by atoms with van der Waals surface area (Å²) < 4.78 is 4.77. The van der Waals surface area contributed by atoms with Crippen LogP contribution in [0.25, 0.3) is 11.0 Å². The molecule has 10 nitrogen and oxygen atoms in total. The Morgan fingerprint density at radius 1 is 1.12 bits per heavy atom. The minimum absolute atomic E-state index is 0.152. The smallest absolute Gasteiger partial charge is 0.349 e. The van der Waals surface area contributed by atoms with Crippen LogP contribution in [-0.4, -0.2) is 55.9 Å². The molecule has 11 heteroatoms. The van der Waals surface area contributed by atoms with Crippen molar-refractivity contribution in [2.24, 2.45) is 0 Å². The summed E-state index contributed by atoms with van der Waals surface area (Å²) in [5.41, 5.74) is 0.991. The van der Waals surface area contributed by atoms with Crippen molar-refractivity contribution >= 4 is 52.1 Å². The molecular weight excluding hydrogens is 534 g/mol. The van der Waals surface area contributed by atoms with Gasteiger partial charge in [0, 0.05) is 15.8 Å². The first kappa shape index (κ1) is 27.2. The highest BCUT2D eigenvalue weighted by atomic mass is 32.2. The molecule has 5 rings (SSSR count). The van der Waals surface area contributed by atoms with Gasteiger partial charge in [0.1, 0.15) is 28.6 Å². The lowest BCUT2D eigenvalue weighted by Gasteiger charge is -2.43. The summed E-state index contributed by atoms with van der Waals surface area (Å²) in [7, 11) is 0. The number of thioether (sulfide) groups is 1. The normalized spacial score (nSPS) is 20.9. The number of carbonyl (C=O) groups excluding carboxylic acids is 3. The second-order valence-electron chi connectivity index (χ2n) is 10.2. The first-order valence-corrected chi connectivity index (χ1v) is 13.5. The van der Waals surface area contributed by atoms with Gasteiger partial charge >= 0.3 is 11.6 Å². The fraction of sp³-hybridized carbons (Fsp3) is 0.276. The second kappa shape index (κ2) is 10.3. The van der Waals surface area contributed by atoms with E-state index >= 15 is 0 Å². The van der Waals surface area contributed by atoms with Gasteiger partial charge in [-0.1, -0.05) is 42.5 Å². The number of para-hydroxylation sites is 2. The van der Waals surface area contributed by atoms with Crippen LogP contribution in [0.4, 0.5) is 5.69 Å². The summed E-state index contributed by atoms with van der Waals surface area (Å²) in [5.74, 6) is -2.67. The number of carboxylic acid groups (broad SMARTS) is 1. The van der Waals surface area contributed by atoms with Crippen molar-refractivity contribution < 1.29 is 28.7 Å². The predicted molar refractivity (Wildman–Crippen MR) is 150 cm³/mol. The Bertz CT molecular complexity index is 1630. The number of anilines is 1. The van der Waals surface area contributed by atoms with E-state index in [4.69, 9.17) is 4.42 Å². The van der Waals surface area contributed by atoms with E-state index in [2.05, 4.69) is 17.2 Å². The minimum atomic E-state index is -1.08. The second-order valence-corrected chi connectivity index (χ2v) is 12.0. The quantitative estimate of drug-likeness (QED) is 0.216. The number of β-lactam (4-membered cyclic amide) rings is 1. The van der Waals surface area contributed by atoms with E-state index < -0.39 is 51.5 Å².